The fourth-order valence-corrected chi connectivity index (χ4v) is 6.08. The molecule has 0 bridgehead atoms. The number of carboxylic acids is 1. The van der Waals surface area contributed by atoms with Crippen LogP contribution in [0.15, 0.2) is 35.0 Å². The monoisotopic (exact) mass is 506 g/mol. The zero-order valence-corrected chi connectivity index (χ0v) is 21.1. The van der Waals surface area contributed by atoms with Crippen molar-refractivity contribution in [1.29, 1.82) is 0 Å². The van der Waals surface area contributed by atoms with E-state index < -0.39 is 18.0 Å². The quantitative estimate of drug-likeness (QED) is 0.438. The van der Waals surface area contributed by atoms with E-state index in [2.05, 4.69) is 20.0 Å². The van der Waals surface area contributed by atoms with Gasteiger partial charge in [-0.1, -0.05) is 5.16 Å². The molecule has 3 heterocycles. The molecule has 9 heteroatoms. The Morgan fingerprint density at radius 2 is 2.05 bits per heavy atom. The summed E-state index contributed by atoms with van der Waals surface area (Å²) in [5.41, 5.74) is 1.61. The van der Waals surface area contributed by atoms with E-state index in [1.165, 1.54) is 0 Å². The highest BCUT2D eigenvalue weighted by atomic mass is 16.5. The number of aromatic nitrogens is 3. The number of aliphatic hydroxyl groups excluding tert-OH is 1. The van der Waals surface area contributed by atoms with Gasteiger partial charge in [0.15, 0.2) is 5.82 Å². The van der Waals surface area contributed by atoms with Crippen molar-refractivity contribution in [2.24, 2.45) is 11.8 Å². The van der Waals surface area contributed by atoms with Gasteiger partial charge in [-0.3, -0.25) is 14.7 Å². The van der Waals surface area contributed by atoms with Crippen LogP contribution in [0.3, 0.4) is 0 Å². The summed E-state index contributed by atoms with van der Waals surface area (Å²) in [5.74, 6) is 1.96. The zero-order valence-electron chi connectivity index (χ0n) is 21.1. The van der Waals surface area contributed by atoms with Crippen molar-refractivity contribution >= 4 is 16.9 Å². The predicted octanol–water partition coefficient (Wildman–Crippen LogP) is 4.29. The SMILES string of the molecule is COc1ccc2nccc(C(O)CC[C@@H]3CCN(C4CC(c5nc(C6CC6)no5)C4)C[C@@H]3C(=O)O)c2c1. The number of pyridine rings is 1. The van der Waals surface area contributed by atoms with Gasteiger partial charge in [-0.05, 0) is 87.2 Å². The van der Waals surface area contributed by atoms with Crippen molar-refractivity contribution in [2.75, 3.05) is 20.2 Å². The molecule has 9 nitrogen and oxygen atoms in total. The summed E-state index contributed by atoms with van der Waals surface area (Å²) < 4.78 is 10.9. The molecular weight excluding hydrogens is 472 g/mol. The molecule has 0 amide bonds. The number of carbonyl (C=O) groups is 1. The molecule has 1 unspecified atom stereocenters. The Morgan fingerprint density at radius 3 is 2.81 bits per heavy atom. The lowest BCUT2D eigenvalue weighted by Gasteiger charge is -2.46. The van der Waals surface area contributed by atoms with E-state index in [1.54, 1.807) is 13.3 Å². The molecule has 3 aromatic rings. The van der Waals surface area contributed by atoms with Crippen LogP contribution in [0.4, 0.5) is 0 Å². The van der Waals surface area contributed by atoms with Crippen molar-refractivity contribution in [3.8, 4) is 5.75 Å². The number of methoxy groups -OCH3 is 1. The molecule has 6 rings (SSSR count). The van der Waals surface area contributed by atoms with E-state index in [4.69, 9.17) is 9.26 Å². The van der Waals surface area contributed by atoms with Gasteiger partial charge in [-0.2, -0.15) is 4.98 Å². The minimum Gasteiger partial charge on any atom is -0.497 e. The summed E-state index contributed by atoms with van der Waals surface area (Å²) in [4.78, 5) is 23.5. The fourth-order valence-electron chi connectivity index (χ4n) is 6.08. The smallest absolute Gasteiger partial charge is 0.308 e. The maximum absolute atomic E-state index is 12.2. The summed E-state index contributed by atoms with van der Waals surface area (Å²) in [6.45, 7) is 1.44. The van der Waals surface area contributed by atoms with Crippen molar-refractivity contribution in [3.05, 3.63) is 47.7 Å². The molecule has 0 radical (unpaired) electrons. The lowest BCUT2D eigenvalue weighted by atomic mass is 9.75. The fraction of sp³-hybridized carbons (Fsp3) is 0.571. The third-order valence-corrected chi connectivity index (χ3v) is 8.64. The highest BCUT2D eigenvalue weighted by Crippen LogP contribution is 2.44. The lowest BCUT2D eigenvalue weighted by Crippen LogP contribution is -2.52. The predicted molar refractivity (Wildman–Crippen MR) is 135 cm³/mol. The molecule has 1 saturated heterocycles. The highest BCUT2D eigenvalue weighted by Gasteiger charge is 2.43. The standard InChI is InChI=1S/C28H34N4O5/c1-36-20-5-6-24-22(14-20)21(8-10-29-24)25(33)7-4-16-9-11-32(15-23(16)28(34)35)19-12-18(13-19)27-30-26(31-37-27)17-2-3-17/h5-6,8,10,14,16-19,23,25,33H,2-4,7,9,11-13,15H2,1H3,(H,34,35)/t16-,18?,19?,23+,25?/m1/s1. The molecule has 2 aromatic heterocycles. The van der Waals surface area contributed by atoms with Crippen LogP contribution >= 0.6 is 0 Å². The molecular formula is C28H34N4O5. The number of hydrogen-bond donors (Lipinski definition) is 2. The van der Waals surface area contributed by atoms with Gasteiger partial charge in [0.1, 0.15) is 5.75 Å². The van der Waals surface area contributed by atoms with Gasteiger partial charge in [-0.15, -0.1) is 0 Å². The maximum atomic E-state index is 12.2. The number of benzene rings is 1. The number of piperidine rings is 1. The number of hydrogen-bond acceptors (Lipinski definition) is 8. The van der Waals surface area contributed by atoms with Gasteiger partial charge in [0.25, 0.3) is 0 Å². The van der Waals surface area contributed by atoms with Crippen LogP contribution in [0.25, 0.3) is 10.9 Å². The first-order valence-electron chi connectivity index (χ1n) is 13.4. The number of aliphatic hydroxyl groups is 1. The van der Waals surface area contributed by atoms with E-state index in [-0.39, 0.29) is 11.8 Å². The normalized spacial score (nSPS) is 27.1. The summed E-state index contributed by atoms with van der Waals surface area (Å²) >= 11 is 0. The van der Waals surface area contributed by atoms with E-state index in [1.807, 2.05) is 24.3 Å². The van der Waals surface area contributed by atoms with Crippen molar-refractivity contribution in [2.45, 2.75) is 68.9 Å². The molecule has 2 aliphatic carbocycles. The van der Waals surface area contributed by atoms with E-state index >= 15 is 0 Å². The van der Waals surface area contributed by atoms with Crippen LogP contribution in [-0.2, 0) is 4.79 Å². The van der Waals surface area contributed by atoms with Crippen LogP contribution in [0.5, 0.6) is 5.75 Å². The summed E-state index contributed by atoms with van der Waals surface area (Å²) in [6, 6.07) is 7.85. The average molecular weight is 507 g/mol. The average Bonchev–Trinajstić information content (AvgIpc) is 3.63. The molecule has 37 heavy (non-hydrogen) atoms. The van der Waals surface area contributed by atoms with Crippen molar-refractivity contribution in [3.63, 3.8) is 0 Å². The van der Waals surface area contributed by atoms with E-state index in [9.17, 15) is 15.0 Å². The minimum atomic E-state index is -0.745. The van der Waals surface area contributed by atoms with Gasteiger partial charge in [0.2, 0.25) is 5.89 Å². The molecule has 0 spiro atoms. The number of fused-ring (bicyclic) bond motifs is 1. The first-order valence-corrected chi connectivity index (χ1v) is 13.4. The Kier molecular flexibility index (Phi) is 6.58. The van der Waals surface area contributed by atoms with E-state index in [0.29, 0.717) is 37.1 Å². The largest absolute Gasteiger partial charge is 0.497 e. The molecule has 1 aliphatic heterocycles. The Balaban J connectivity index is 1.05. The molecule has 3 aliphatic rings. The summed E-state index contributed by atoms with van der Waals surface area (Å²) in [6.07, 6.45) is 7.22. The Labute approximate surface area is 215 Å². The summed E-state index contributed by atoms with van der Waals surface area (Å²) in [7, 11) is 1.62. The first kappa shape index (κ1) is 24.3. The second kappa shape index (κ2) is 10.0. The van der Waals surface area contributed by atoms with E-state index in [0.717, 1.165) is 66.8 Å². The number of nitrogens with zero attached hydrogens (tertiary/aromatic N) is 4. The molecule has 1 aromatic carbocycles. The topological polar surface area (TPSA) is 122 Å². The Morgan fingerprint density at radius 1 is 1.22 bits per heavy atom. The lowest BCUT2D eigenvalue weighted by molar-refractivity contribution is -0.147. The van der Waals surface area contributed by atoms with Crippen molar-refractivity contribution < 1.29 is 24.3 Å². The van der Waals surface area contributed by atoms with Gasteiger partial charge >= 0.3 is 5.97 Å². The highest BCUT2D eigenvalue weighted by molar-refractivity contribution is 5.83. The van der Waals surface area contributed by atoms with Crippen LogP contribution in [0.2, 0.25) is 0 Å². The summed E-state index contributed by atoms with van der Waals surface area (Å²) in [5, 5.41) is 26.1. The van der Waals surface area contributed by atoms with Gasteiger partial charge in [-0.25, -0.2) is 0 Å². The Bertz CT molecular complexity index is 1270. The number of likely N-dealkylation sites (tertiary alicyclic amines) is 1. The van der Waals surface area contributed by atoms with Gasteiger partial charge in [0.05, 0.1) is 24.6 Å². The third kappa shape index (κ3) is 4.94. The third-order valence-electron chi connectivity index (χ3n) is 8.64. The zero-order chi connectivity index (χ0) is 25.5. The van der Waals surface area contributed by atoms with Crippen LogP contribution in [0, 0.1) is 11.8 Å². The minimum absolute atomic E-state index is 0.0407. The molecule has 196 valence electrons. The van der Waals surface area contributed by atoms with Crippen molar-refractivity contribution in [1.82, 2.24) is 20.0 Å². The number of ether oxygens (including phenoxy) is 1. The van der Waals surface area contributed by atoms with Crippen LogP contribution in [-0.4, -0.2) is 62.4 Å². The second-order valence-electron chi connectivity index (χ2n) is 11.0. The van der Waals surface area contributed by atoms with Gasteiger partial charge in [0, 0.05) is 36.0 Å². The molecule has 2 N–H and O–H groups in total. The van der Waals surface area contributed by atoms with Crippen LogP contribution in [0.1, 0.15) is 80.2 Å². The number of rotatable bonds is 9. The van der Waals surface area contributed by atoms with Gasteiger partial charge < -0.3 is 19.5 Å². The Hall–Kier alpha value is -3.04. The van der Waals surface area contributed by atoms with Crippen LogP contribution < -0.4 is 4.74 Å². The molecule has 2 saturated carbocycles. The molecule has 3 atom stereocenters. The molecule has 3 fully saturated rings. The number of aliphatic carboxylic acids is 1. The maximum Gasteiger partial charge on any atom is 0.308 e. The first-order chi connectivity index (χ1) is 18.0. The number of carboxylic acid groups (broad SMARTS) is 1. The second-order valence-corrected chi connectivity index (χ2v) is 11.0.